The summed E-state index contributed by atoms with van der Waals surface area (Å²) in [6.45, 7) is 10.3. The first-order valence-corrected chi connectivity index (χ1v) is 16.7. The van der Waals surface area contributed by atoms with Gasteiger partial charge >= 0.3 is 0 Å². The van der Waals surface area contributed by atoms with E-state index in [1.165, 1.54) is 0 Å². The fourth-order valence-electron chi connectivity index (χ4n) is 7.65. The summed E-state index contributed by atoms with van der Waals surface area (Å²) < 4.78 is 19.2. The van der Waals surface area contributed by atoms with Crippen molar-refractivity contribution in [3.63, 3.8) is 0 Å². The van der Waals surface area contributed by atoms with Gasteiger partial charge in [-0.25, -0.2) is 9.37 Å². The van der Waals surface area contributed by atoms with Gasteiger partial charge in [-0.3, -0.25) is 14.5 Å². The van der Waals surface area contributed by atoms with E-state index in [4.69, 9.17) is 21.7 Å². The fourth-order valence-corrected chi connectivity index (χ4v) is 7.94. The molecule has 2 saturated heterocycles. The van der Waals surface area contributed by atoms with E-state index in [0.29, 0.717) is 47.7 Å². The minimum absolute atomic E-state index is 0.0491. The number of hydrogen-bond donors (Lipinski definition) is 0. The molecule has 0 bridgehead atoms. The molecule has 246 valence electrons. The minimum Gasteiger partial charge on any atom is -0.352 e. The van der Waals surface area contributed by atoms with E-state index in [2.05, 4.69) is 59.8 Å². The number of carbonyl (C=O) groups excluding carboxylic acids is 1. The highest BCUT2D eigenvalue weighted by Gasteiger charge is 2.43. The largest absolute Gasteiger partial charge is 0.352 e. The number of aliphatic imine (C=N–C) groups is 1. The van der Waals surface area contributed by atoms with Crippen molar-refractivity contribution < 1.29 is 9.18 Å². The predicted molar refractivity (Wildman–Crippen MR) is 188 cm³/mol. The molecular weight excluding hydrogens is 627 g/mol. The van der Waals surface area contributed by atoms with Crippen molar-refractivity contribution in [3.05, 3.63) is 51.4 Å². The predicted octanol–water partition coefficient (Wildman–Crippen LogP) is 6.20. The third-order valence-corrected chi connectivity index (χ3v) is 11.0. The number of aryl methyl sites for hydroxylation is 1. The number of aromatic nitrogens is 3. The minimum atomic E-state index is -0.471. The summed E-state index contributed by atoms with van der Waals surface area (Å²) in [5.41, 5.74) is 5.98. The van der Waals surface area contributed by atoms with Crippen LogP contribution in [0.2, 0.25) is 5.02 Å². The van der Waals surface area contributed by atoms with Gasteiger partial charge in [0.2, 0.25) is 0 Å². The SMILES string of the molecule is CC#CC(=O)N1CC[C@H](n2ncc3c(N4CC(C)(N(C)C)C4)nc4c(F)c(-c5c(C)c(C)cc6c5C=NC6)c(Cl)cc4c32)C[C@H]1CC#N. The number of carbonyl (C=O) groups is 1. The quantitative estimate of drug-likeness (QED) is 0.236. The zero-order chi connectivity index (χ0) is 34.1. The second kappa shape index (κ2) is 11.9. The van der Waals surface area contributed by atoms with Crippen molar-refractivity contribution in [2.75, 3.05) is 38.6 Å². The van der Waals surface area contributed by atoms with Gasteiger partial charge in [0, 0.05) is 48.4 Å². The average Bonchev–Trinajstić information content (AvgIpc) is 3.69. The number of nitriles is 1. The first-order chi connectivity index (χ1) is 23.0. The van der Waals surface area contributed by atoms with Crippen LogP contribution in [0.15, 0.2) is 23.3 Å². The van der Waals surface area contributed by atoms with Gasteiger partial charge in [0.1, 0.15) is 11.3 Å². The maximum atomic E-state index is 17.3. The summed E-state index contributed by atoms with van der Waals surface area (Å²) >= 11 is 7.08. The monoisotopic (exact) mass is 664 g/mol. The van der Waals surface area contributed by atoms with Crippen LogP contribution < -0.4 is 4.90 Å². The number of amides is 1. The van der Waals surface area contributed by atoms with Crippen molar-refractivity contribution in [2.45, 2.75) is 71.1 Å². The Morgan fingerprint density at radius 2 is 1.98 bits per heavy atom. The molecule has 11 heteroatoms. The molecule has 48 heavy (non-hydrogen) atoms. The van der Waals surface area contributed by atoms with Crippen LogP contribution in [-0.2, 0) is 11.3 Å². The lowest BCUT2D eigenvalue weighted by atomic mass is 9.88. The number of halogens is 2. The maximum Gasteiger partial charge on any atom is 0.298 e. The molecule has 0 saturated carbocycles. The normalized spacial score (nSPS) is 19.8. The molecule has 2 aromatic heterocycles. The number of hydrogen-bond acceptors (Lipinski definition) is 7. The molecule has 3 aliphatic rings. The number of rotatable bonds is 5. The molecule has 0 aliphatic carbocycles. The molecule has 0 N–H and O–H groups in total. The standard InChI is InChI=1S/C37H38ClFN8O/c1-7-8-30(48)46-12-10-25(14-24(46)9-11-40)47-35-26-15-29(38)32(31-22(3)21(2)13-23-16-41-17-27(23)31)33(39)34(26)43-36(28(35)18-42-47)45-19-37(4,20-45)44(5)6/h13,15,17-18,24-25H,9-10,12,14,16,19-20H2,1-6H3/t24-,25+/m1/s1. The highest BCUT2D eigenvalue weighted by molar-refractivity contribution is 6.35. The van der Waals surface area contributed by atoms with Crippen LogP contribution in [0.4, 0.5) is 10.2 Å². The van der Waals surface area contributed by atoms with Crippen molar-refractivity contribution in [2.24, 2.45) is 4.99 Å². The van der Waals surface area contributed by atoms with Crippen LogP contribution in [-0.4, -0.2) is 82.0 Å². The Kier molecular flexibility index (Phi) is 7.93. The molecule has 3 aliphatic heterocycles. The Balaban J connectivity index is 1.43. The second-order valence-corrected chi connectivity index (χ2v) is 14.2. The van der Waals surface area contributed by atoms with Gasteiger partial charge < -0.3 is 14.7 Å². The third-order valence-electron chi connectivity index (χ3n) is 10.7. The van der Waals surface area contributed by atoms with Crippen molar-refractivity contribution in [1.82, 2.24) is 24.6 Å². The van der Waals surface area contributed by atoms with Gasteiger partial charge in [-0.15, -0.1) is 0 Å². The van der Waals surface area contributed by atoms with Crippen LogP contribution in [0.25, 0.3) is 32.9 Å². The summed E-state index contributed by atoms with van der Waals surface area (Å²) in [5.74, 6) is 5.26. The second-order valence-electron chi connectivity index (χ2n) is 13.8. The maximum absolute atomic E-state index is 17.3. The van der Waals surface area contributed by atoms with Crippen LogP contribution in [0, 0.1) is 42.8 Å². The molecule has 5 heterocycles. The number of fused-ring (bicyclic) bond motifs is 4. The number of likely N-dealkylation sites (N-methyl/N-ethyl adjacent to an activating group) is 1. The van der Waals surface area contributed by atoms with Crippen LogP contribution in [0.1, 0.15) is 61.4 Å². The third kappa shape index (κ3) is 4.93. The highest BCUT2D eigenvalue weighted by Crippen LogP contribution is 2.45. The zero-order valence-electron chi connectivity index (χ0n) is 28.2. The lowest BCUT2D eigenvalue weighted by Gasteiger charge is -2.52. The number of anilines is 1. The van der Waals surface area contributed by atoms with Gasteiger partial charge in [0.15, 0.2) is 5.82 Å². The number of nitrogens with zero attached hydrogens (tertiary/aromatic N) is 8. The molecule has 2 aromatic carbocycles. The summed E-state index contributed by atoms with van der Waals surface area (Å²) in [4.78, 5) is 28.4. The topological polar surface area (TPSA) is 93.7 Å². The lowest BCUT2D eigenvalue weighted by Crippen LogP contribution is -2.67. The fraction of sp³-hybridized carbons (Fsp3) is 0.432. The van der Waals surface area contributed by atoms with Crippen LogP contribution in [0.5, 0.6) is 0 Å². The van der Waals surface area contributed by atoms with E-state index < -0.39 is 5.82 Å². The summed E-state index contributed by atoms with van der Waals surface area (Å²) in [6, 6.07) is 5.74. The van der Waals surface area contributed by atoms with E-state index in [1.807, 2.05) is 37.0 Å². The molecule has 4 aromatic rings. The van der Waals surface area contributed by atoms with E-state index >= 15 is 4.39 Å². The molecular formula is C37H38ClFN8O. The number of pyridine rings is 1. The lowest BCUT2D eigenvalue weighted by molar-refractivity contribution is -0.129. The van der Waals surface area contributed by atoms with Gasteiger partial charge in [0.25, 0.3) is 5.91 Å². The molecule has 2 fully saturated rings. The zero-order valence-corrected chi connectivity index (χ0v) is 28.9. The molecule has 0 unspecified atom stereocenters. The smallest absolute Gasteiger partial charge is 0.298 e. The Bertz CT molecular complexity index is 2150. The molecule has 2 atom stereocenters. The average molecular weight is 665 g/mol. The van der Waals surface area contributed by atoms with Crippen molar-refractivity contribution >= 4 is 51.3 Å². The van der Waals surface area contributed by atoms with Crippen LogP contribution in [0.3, 0.4) is 0 Å². The summed E-state index contributed by atoms with van der Waals surface area (Å²) in [6.07, 6.45) is 4.95. The number of piperidine rings is 1. The van der Waals surface area contributed by atoms with Crippen molar-refractivity contribution in [1.29, 1.82) is 5.26 Å². The summed E-state index contributed by atoms with van der Waals surface area (Å²) in [5, 5.41) is 16.2. The summed E-state index contributed by atoms with van der Waals surface area (Å²) in [7, 11) is 4.14. The Morgan fingerprint density at radius 1 is 1.21 bits per heavy atom. The van der Waals surface area contributed by atoms with Crippen molar-refractivity contribution in [3.8, 4) is 29.0 Å². The Morgan fingerprint density at radius 3 is 2.69 bits per heavy atom. The van der Waals surface area contributed by atoms with Gasteiger partial charge in [0.05, 0.1) is 52.7 Å². The highest BCUT2D eigenvalue weighted by atomic mass is 35.5. The van der Waals surface area contributed by atoms with Crippen LogP contribution >= 0.6 is 11.6 Å². The molecule has 0 radical (unpaired) electrons. The molecule has 0 spiro atoms. The van der Waals surface area contributed by atoms with Gasteiger partial charge in [-0.2, -0.15) is 10.4 Å². The van der Waals surface area contributed by atoms with Gasteiger partial charge in [-0.1, -0.05) is 23.6 Å². The molecule has 9 nitrogen and oxygen atoms in total. The number of likely N-dealkylation sites (tertiary alicyclic amines) is 1. The van der Waals surface area contributed by atoms with E-state index in [1.54, 1.807) is 11.8 Å². The first kappa shape index (κ1) is 32.1. The van der Waals surface area contributed by atoms with E-state index in [0.717, 1.165) is 51.8 Å². The van der Waals surface area contributed by atoms with E-state index in [9.17, 15) is 10.1 Å². The molecule has 1 amide bonds. The van der Waals surface area contributed by atoms with E-state index in [-0.39, 0.29) is 35.5 Å². The van der Waals surface area contributed by atoms with Gasteiger partial charge in [-0.05, 0) is 88.9 Å². The molecule has 7 rings (SSSR count). The first-order valence-electron chi connectivity index (χ1n) is 16.3. The Hall–Kier alpha value is -4.51. The Labute approximate surface area is 285 Å². The number of benzene rings is 2.